The molecule has 8 nitrogen and oxygen atoms in total. The minimum atomic E-state index is -1.70. The van der Waals surface area contributed by atoms with Gasteiger partial charge in [-0.3, -0.25) is 5.32 Å². The van der Waals surface area contributed by atoms with E-state index in [0.717, 1.165) is 0 Å². The number of hydrogen-bond acceptors (Lipinski definition) is 7. The van der Waals surface area contributed by atoms with Gasteiger partial charge in [0.05, 0.1) is 17.9 Å². The van der Waals surface area contributed by atoms with Crippen molar-refractivity contribution >= 4 is 62.8 Å². The second-order valence-electron chi connectivity index (χ2n) is 6.57. The molecule has 12 heteroatoms. The van der Waals surface area contributed by atoms with Crippen LogP contribution in [0, 0.1) is 5.92 Å². The molecule has 0 radical (unpaired) electrons. The molecule has 4 N–H and O–H groups in total. The molecule has 26 heavy (non-hydrogen) atoms. The molecule has 5 atom stereocenters. The van der Waals surface area contributed by atoms with E-state index in [4.69, 9.17) is 39.5 Å². The first-order chi connectivity index (χ1) is 12.1. The van der Waals surface area contributed by atoms with E-state index < -0.39 is 28.3 Å². The van der Waals surface area contributed by atoms with Crippen LogP contribution in [0.1, 0.15) is 6.92 Å². The average molecular weight is 492 g/mol. The minimum Gasteiger partial charge on any atom is -0.445 e. The molecule has 0 aromatic rings. The normalized spacial score (nSPS) is 35.8. The van der Waals surface area contributed by atoms with Crippen molar-refractivity contribution in [2.45, 2.75) is 34.6 Å². The van der Waals surface area contributed by atoms with Gasteiger partial charge in [0, 0.05) is 17.8 Å². The van der Waals surface area contributed by atoms with Crippen molar-refractivity contribution in [3.63, 3.8) is 0 Å². The van der Waals surface area contributed by atoms with Gasteiger partial charge in [0.2, 0.25) is 9.75 Å². The van der Waals surface area contributed by atoms with E-state index in [1.165, 1.54) is 0 Å². The van der Waals surface area contributed by atoms with Gasteiger partial charge in [-0.25, -0.2) is 9.79 Å². The third kappa shape index (κ3) is 3.44. The van der Waals surface area contributed by atoms with Gasteiger partial charge >= 0.3 is 6.09 Å². The van der Waals surface area contributed by atoms with Crippen molar-refractivity contribution in [1.29, 1.82) is 0 Å². The molecule has 0 aliphatic carbocycles. The van der Waals surface area contributed by atoms with Gasteiger partial charge in [-0.15, -0.1) is 0 Å². The predicted octanol–water partition coefficient (Wildman–Crippen LogP) is 1.26. The fourth-order valence-electron chi connectivity index (χ4n) is 3.73. The molecule has 3 heterocycles. The number of hydrogen-bond donors (Lipinski definition) is 4. The second-order valence-corrected chi connectivity index (χ2v) is 9.74. The van der Waals surface area contributed by atoms with Gasteiger partial charge in [-0.2, -0.15) is 0 Å². The number of alkyl carbamates (subject to hydrolysis) is 1. The second kappa shape index (κ2) is 7.09. The third-order valence-corrected chi connectivity index (χ3v) is 5.72. The molecule has 1 spiro atoms. The number of carbonyl (C=O) groups excluding carboxylic acids is 1. The molecule has 0 bridgehead atoms. The monoisotopic (exact) mass is 489 g/mol. The first kappa shape index (κ1) is 20.1. The fraction of sp³-hybridized carbons (Fsp3) is 0.714. The lowest BCUT2D eigenvalue weighted by atomic mass is 9.87. The number of aliphatic hydroxyl groups is 1. The summed E-state index contributed by atoms with van der Waals surface area (Å²) in [6, 6.07) is -0.488. The van der Waals surface area contributed by atoms with Crippen LogP contribution in [0.15, 0.2) is 17.4 Å². The number of nitrogens with zero attached hydrogens (tertiary/aromatic N) is 2. The molecular weight excluding hydrogens is 472 g/mol. The van der Waals surface area contributed by atoms with Crippen LogP contribution in [0.25, 0.3) is 0 Å². The Morgan fingerprint density at radius 2 is 2.31 bits per heavy atom. The molecule has 146 valence electrons. The third-order valence-electron chi connectivity index (χ3n) is 4.73. The largest absolute Gasteiger partial charge is 0.445 e. The van der Waals surface area contributed by atoms with Crippen molar-refractivity contribution < 1.29 is 14.6 Å². The number of halogens is 4. The Balaban J connectivity index is 1.86. The Morgan fingerprint density at radius 3 is 2.92 bits per heavy atom. The smallest absolute Gasteiger partial charge is 0.414 e. The van der Waals surface area contributed by atoms with Gasteiger partial charge in [0.25, 0.3) is 0 Å². The molecule has 0 aromatic heterocycles. The Labute approximate surface area is 174 Å². The van der Waals surface area contributed by atoms with E-state index in [9.17, 15) is 9.90 Å². The lowest BCUT2D eigenvalue weighted by Gasteiger charge is -2.47. The van der Waals surface area contributed by atoms with Crippen molar-refractivity contribution in [1.82, 2.24) is 20.9 Å². The van der Waals surface area contributed by atoms with Crippen LogP contribution in [0.2, 0.25) is 0 Å². The molecule has 0 saturated carbocycles. The molecule has 3 rings (SSSR count). The lowest BCUT2D eigenvalue weighted by molar-refractivity contribution is 0.00934. The van der Waals surface area contributed by atoms with Crippen molar-refractivity contribution in [2.75, 3.05) is 18.5 Å². The van der Waals surface area contributed by atoms with E-state index in [1.54, 1.807) is 0 Å². The molecule has 0 aromatic carbocycles. The summed E-state index contributed by atoms with van der Waals surface area (Å²) in [4.78, 5) is 18.5. The highest BCUT2D eigenvalue weighted by Gasteiger charge is 2.64. The van der Waals surface area contributed by atoms with Crippen LogP contribution < -0.4 is 16.0 Å². The quantitative estimate of drug-likeness (QED) is 0.434. The van der Waals surface area contributed by atoms with E-state index >= 15 is 0 Å². The van der Waals surface area contributed by atoms with Crippen molar-refractivity contribution in [3.05, 3.63) is 12.4 Å². The molecule has 3 aliphatic heterocycles. The molecule has 1 amide bonds. The number of aliphatic imine (C=N–C) groups is 1. The number of rotatable bonds is 2. The Morgan fingerprint density at radius 1 is 1.62 bits per heavy atom. The lowest BCUT2D eigenvalue weighted by Crippen LogP contribution is -2.73. The van der Waals surface area contributed by atoms with E-state index in [0.29, 0.717) is 17.7 Å². The molecule has 0 unspecified atom stereocenters. The number of nitrogens with one attached hydrogen (secondary N) is 3. The number of amides is 1. The molecule has 2 fully saturated rings. The maximum absolute atomic E-state index is 12.1. The van der Waals surface area contributed by atoms with Gasteiger partial charge in [0.1, 0.15) is 12.7 Å². The number of alkyl halides is 4. The van der Waals surface area contributed by atoms with Crippen LogP contribution in [-0.2, 0) is 4.74 Å². The maximum atomic E-state index is 12.1. The summed E-state index contributed by atoms with van der Waals surface area (Å²) in [5.41, 5.74) is -0.867. The SMILES string of the molecule is C=C1N[C@H]2[C@H](CBr)N=C(NC(=O)OCC(Cl)(Cl)Cl)N3C[C@H](C)[C@H](O)[C@]23N1. The Hall–Kier alpha value is -0.610. The Kier molecular flexibility index (Phi) is 5.49. The zero-order chi connectivity index (χ0) is 19.3. The van der Waals surface area contributed by atoms with Crippen LogP contribution in [0.3, 0.4) is 0 Å². The highest BCUT2D eigenvalue weighted by atomic mass is 79.9. The maximum Gasteiger partial charge on any atom is 0.414 e. The van der Waals surface area contributed by atoms with Gasteiger partial charge in [0.15, 0.2) is 5.66 Å². The zero-order valence-corrected chi connectivity index (χ0v) is 17.7. The fourth-order valence-corrected chi connectivity index (χ4v) is 4.41. The summed E-state index contributed by atoms with van der Waals surface area (Å²) in [6.07, 6.45) is -1.50. The van der Waals surface area contributed by atoms with Crippen LogP contribution in [0.5, 0.6) is 0 Å². The van der Waals surface area contributed by atoms with E-state index in [2.05, 4.69) is 43.5 Å². The summed E-state index contributed by atoms with van der Waals surface area (Å²) < 4.78 is 3.22. The van der Waals surface area contributed by atoms with E-state index in [-0.39, 0.29) is 24.0 Å². The molecule has 2 saturated heterocycles. The summed E-state index contributed by atoms with van der Waals surface area (Å²) in [5, 5.41) is 20.5. The van der Waals surface area contributed by atoms with Gasteiger partial charge in [-0.05, 0) is 0 Å². The first-order valence-corrected chi connectivity index (χ1v) is 10.2. The highest BCUT2D eigenvalue weighted by molar-refractivity contribution is 9.09. The standard InChI is InChI=1S/C14H19BrCl3N5O3/c1-6-4-23-11(21-12(25)26-5-13(16,17)18)20-8(3-15)9-14(23,10(6)24)22-7(2)19-9/h6,8-10,19,22,24H,2-5H2,1H3,(H,20,21,25)/t6-,8-,9-,10-,14-/m0/s1. The van der Waals surface area contributed by atoms with E-state index in [1.807, 2.05) is 11.8 Å². The van der Waals surface area contributed by atoms with Crippen LogP contribution in [0.4, 0.5) is 4.79 Å². The van der Waals surface area contributed by atoms with Crippen molar-refractivity contribution in [2.24, 2.45) is 10.9 Å². The number of guanidine groups is 1. The summed E-state index contributed by atoms with van der Waals surface area (Å²) in [7, 11) is 0. The summed E-state index contributed by atoms with van der Waals surface area (Å²) in [6.45, 7) is 5.94. The summed E-state index contributed by atoms with van der Waals surface area (Å²) >= 11 is 20.2. The van der Waals surface area contributed by atoms with Crippen LogP contribution in [-0.4, -0.2) is 68.2 Å². The summed E-state index contributed by atoms with van der Waals surface area (Å²) in [5.74, 6) is 0.817. The minimum absolute atomic E-state index is 0.0593. The van der Waals surface area contributed by atoms with Crippen LogP contribution >= 0.6 is 50.7 Å². The van der Waals surface area contributed by atoms with Gasteiger partial charge < -0.3 is 25.4 Å². The molecule has 3 aliphatic rings. The zero-order valence-electron chi connectivity index (χ0n) is 13.8. The highest BCUT2D eigenvalue weighted by Crippen LogP contribution is 2.42. The predicted molar refractivity (Wildman–Crippen MR) is 104 cm³/mol. The molecular formula is C14H19BrCl3N5O3. The number of ether oxygens (including phenoxy) is 1. The number of aliphatic hydroxyl groups excluding tert-OH is 1. The average Bonchev–Trinajstić information content (AvgIpc) is 3.02. The topological polar surface area (TPSA) is 98.2 Å². The Bertz CT molecular complexity index is 646. The number of carbonyl (C=O) groups is 1. The van der Waals surface area contributed by atoms with Crippen molar-refractivity contribution in [3.8, 4) is 0 Å². The first-order valence-electron chi connectivity index (χ1n) is 7.92. The van der Waals surface area contributed by atoms with Gasteiger partial charge in [-0.1, -0.05) is 64.2 Å².